The number of benzene rings is 4. The van der Waals surface area contributed by atoms with Gasteiger partial charge in [-0.05, 0) is 92.3 Å². The summed E-state index contributed by atoms with van der Waals surface area (Å²) in [5.74, 6) is -0.0830. The number of aryl methyl sites for hydroxylation is 4. The summed E-state index contributed by atoms with van der Waals surface area (Å²) < 4.78 is 4.43. The summed E-state index contributed by atoms with van der Waals surface area (Å²) in [7, 11) is 0. The molecular weight excluding hydrogens is 516 g/mol. The third-order valence-electron chi connectivity index (χ3n) is 8.73. The average molecular weight is 551 g/mol. The van der Waals surface area contributed by atoms with Gasteiger partial charge in [0.1, 0.15) is 6.10 Å². The number of hydrogen-bond acceptors (Lipinski definition) is 2. The Kier molecular flexibility index (Phi) is 5.89. The Morgan fingerprint density at radius 1 is 0.714 bits per heavy atom. The summed E-state index contributed by atoms with van der Waals surface area (Å²) >= 11 is 0. The van der Waals surface area contributed by atoms with Crippen LogP contribution < -0.4 is 9.68 Å². The van der Waals surface area contributed by atoms with Gasteiger partial charge in [0.15, 0.2) is 5.71 Å². The van der Waals surface area contributed by atoms with Gasteiger partial charge < -0.3 is 14.8 Å². The fraction of sp³-hybridized carbons (Fsp3) is 0.184. The van der Waals surface area contributed by atoms with Crippen LogP contribution in [0.2, 0.25) is 0 Å². The molecule has 0 bridgehead atoms. The van der Waals surface area contributed by atoms with Crippen molar-refractivity contribution in [3.63, 3.8) is 0 Å². The Morgan fingerprint density at radius 3 is 1.98 bits per heavy atom. The van der Waals surface area contributed by atoms with Gasteiger partial charge in [0.05, 0.1) is 16.7 Å². The predicted molar refractivity (Wildman–Crippen MR) is 172 cm³/mol. The van der Waals surface area contributed by atoms with Crippen LogP contribution in [0.3, 0.4) is 0 Å². The smallest absolute Gasteiger partial charge is 0.219 e. The van der Waals surface area contributed by atoms with Crippen LogP contribution in [0.5, 0.6) is 0 Å². The highest BCUT2D eigenvalue weighted by atomic mass is 16.3. The topological polar surface area (TPSA) is 51.2 Å². The van der Waals surface area contributed by atoms with E-state index >= 15 is 0 Å². The molecule has 7 rings (SSSR count). The molecule has 0 spiro atoms. The Bertz CT molecular complexity index is 2030. The van der Waals surface area contributed by atoms with Crippen LogP contribution in [0.25, 0.3) is 27.7 Å². The maximum Gasteiger partial charge on any atom is 0.219 e. The van der Waals surface area contributed by atoms with Gasteiger partial charge in [0.25, 0.3) is 0 Å². The average Bonchev–Trinajstić information content (AvgIpc) is 3.38. The van der Waals surface area contributed by atoms with E-state index < -0.39 is 6.10 Å². The van der Waals surface area contributed by atoms with Crippen molar-refractivity contribution in [2.24, 2.45) is 0 Å². The molecule has 1 aliphatic carbocycles. The third-order valence-corrected chi connectivity index (χ3v) is 8.73. The molecular formula is C38H34N2O2. The second-order valence-electron chi connectivity index (χ2n) is 11.9. The standard InChI is InChI=1S/C38H34N2O2/c1-21-15-22(2)18-27(17-21)39-25(5)33(29-11-7-9-13-31(29)39)35-37(41)36(38(35)42)34-26(6)40(32-14-10-8-12-30(32)34)28-19-23(3)16-24(4)20-28/h7-20,37,41H,1-6H3. The van der Waals surface area contributed by atoms with Crippen molar-refractivity contribution < 1.29 is 10.2 Å². The highest BCUT2D eigenvalue weighted by molar-refractivity contribution is 6.31. The first-order valence-corrected chi connectivity index (χ1v) is 14.5. The number of aliphatic hydroxyl groups is 1. The fourth-order valence-corrected chi connectivity index (χ4v) is 7.20. The lowest BCUT2D eigenvalue weighted by atomic mass is 9.76. The van der Waals surface area contributed by atoms with Crippen molar-refractivity contribution in [3.8, 4) is 5.69 Å². The summed E-state index contributed by atoms with van der Waals surface area (Å²) in [6, 6.07) is 29.3. The zero-order chi connectivity index (χ0) is 29.4. The number of fused-ring (bicyclic) bond motifs is 2. The van der Waals surface area contributed by atoms with E-state index in [9.17, 15) is 10.2 Å². The van der Waals surface area contributed by atoms with Crippen LogP contribution in [-0.4, -0.2) is 21.5 Å². The molecule has 0 saturated carbocycles. The number of nitrogens with zero attached hydrogens (tertiary/aromatic N) is 2. The number of rotatable bonds is 3. The molecule has 0 fully saturated rings. The molecule has 0 amide bonds. The summed E-state index contributed by atoms with van der Waals surface area (Å²) in [5.41, 5.74) is 14.4. The van der Waals surface area contributed by atoms with Gasteiger partial charge in [0, 0.05) is 47.5 Å². The highest BCUT2D eigenvalue weighted by Gasteiger charge is 2.42. The Balaban J connectivity index is 1.47. The molecule has 1 unspecified atom stereocenters. The molecule has 0 saturated heterocycles. The Hall–Kier alpha value is -4.67. The van der Waals surface area contributed by atoms with Gasteiger partial charge in [-0.3, -0.25) is 0 Å². The number of para-hydroxylation sites is 2. The molecule has 42 heavy (non-hydrogen) atoms. The second-order valence-corrected chi connectivity index (χ2v) is 11.9. The summed E-state index contributed by atoms with van der Waals surface area (Å²) in [6.45, 7) is 12.5. The number of aromatic nitrogens is 1. The van der Waals surface area contributed by atoms with Crippen molar-refractivity contribution in [3.05, 3.63) is 135 Å². The first-order chi connectivity index (χ1) is 20.2. The second kappa shape index (κ2) is 9.43. The van der Waals surface area contributed by atoms with E-state index in [0.29, 0.717) is 11.1 Å². The molecule has 1 N–H and O–H groups in total. The minimum absolute atomic E-state index is 0.0830. The van der Waals surface area contributed by atoms with Crippen LogP contribution in [0.15, 0.2) is 96.3 Å². The van der Waals surface area contributed by atoms with Gasteiger partial charge >= 0.3 is 0 Å². The lowest BCUT2D eigenvalue weighted by Gasteiger charge is -2.39. The molecule has 208 valence electrons. The van der Waals surface area contributed by atoms with Crippen molar-refractivity contribution in [1.29, 1.82) is 0 Å². The molecule has 4 heteroatoms. The molecule has 4 aromatic carbocycles. The van der Waals surface area contributed by atoms with E-state index in [4.69, 9.17) is 0 Å². The van der Waals surface area contributed by atoms with Gasteiger partial charge in [-0.1, -0.05) is 48.2 Å². The lowest BCUT2D eigenvalue weighted by Crippen LogP contribution is -2.35. The zero-order valence-electron chi connectivity index (χ0n) is 24.9. The largest absolute Gasteiger partial charge is 0.872 e. The summed E-state index contributed by atoms with van der Waals surface area (Å²) in [4.78, 5) is 0. The van der Waals surface area contributed by atoms with Gasteiger partial charge in [0.2, 0.25) is 11.4 Å². The van der Waals surface area contributed by atoms with E-state index in [1.54, 1.807) is 0 Å². The fourth-order valence-electron chi connectivity index (χ4n) is 7.20. The maximum atomic E-state index is 14.2. The lowest BCUT2D eigenvalue weighted by molar-refractivity contribution is -0.302. The highest BCUT2D eigenvalue weighted by Crippen LogP contribution is 2.49. The maximum absolute atomic E-state index is 14.2. The van der Waals surface area contributed by atoms with Crippen LogP contribution in [-0.2, 0) is 0 Å². The molecule has 2 heterocycles. The van der Waals surface area contributed by atoms with E-state index in [2.05, 4.69) is 111 Å². The van der Waals surface area contributed by atoms with Gasteiger partial charge in [-0.2, -0.15) is 4.58 Å². The van der Waals surface area contributed by atoms with E-state index in [1.807, 2.05) is 24.3 Å². The minimum Gasteiger partial charge on any atom is -0.872 e. The Labute approximate surface area is 246 Å². The first kappa shape index (κ1) is 26.2. The monoisotopic (exact) mass is 550 g/mol. The number of aliphatic hydroxyl groups excluding tert-OH is 1. The van der Waals surface area contributed by atoms with Gasteiger partial charge in [-0.15, -0.1) is 0 Å². The van der Waals surface area contributed by atoms with Crippen molar-refractivity contribution in [2.45, 2.75) is 47.6 Å². The molecule has 1 atom stereocenters. The van der Waals surface area contributed by atoms with Crippen LogP contribution >= 0.6 is 0 Å². The molecule has 4 nitrogen and oxygen atoms in total. The molecule has 2 aliphatic rings. The molecule has 5 aromatic rings. The molecule has 1 aromatic heterocycles. The SMILES string of the molecule is CC1=[N+](c2cc(C)cc(C)c2)c2ccccc2C1=C1C([O-])=C(c2c(C)n(-c3cc(C)cc(C)c3)c3ccccc23)C1O. The summed E-state index contributed by atoms with van der Waals surface area (Å²) in [6.07, 6.45) is -0.980. The number of allylic oxidation sites excluding steroid dienone is 1. The van der Waals surface area contributed by atoms with E-state index in [-0.39, 0.29) is 5.76 Å². The molecule has 0 radical (unpaired) electrons. The van der Waals surface area contributed by atoms with E-state index in [0.717, 1.165) is 56.1 Å². The zero-order valence-corrected chi connectivity index (χ0v) is 24.9. The normalized spacial score (nSPS) is 18.2. The first-order valence-electron chi connectivity index (χ1n) is 14.5. The van der Waals surface area contributed by atoms with E-state index in [1.165, 1.54) is 22.3 Å². The minimum atomic E-state index is -0.980. The third kappa shape index (κ3) is 3.75. The van der Waals surface area contributed by atoms with Crippen molar-refractivity contribution in [2.75, 3.05) is 0 Å². The van der Waals surface area contributed by atoms with Gasteiger partial charge in [-0.25, -0.2) is 0 Å². The molecule has 1 aliphatic heterocycles. The quantitative estimate of drug-likeness (QED) is 0.238. The van der Waals surface area contributed by atoms with Crippen molar-refractivity contribution >= 4 is 39.1 Å². The van der Waals surface area contributed by atoms with Crippen LogP contribution in [0.1, 0.15) is 46.0 Å². The predicted octanol–water partition coefficient (Wildman–Crippen LogP) is 7.38. The van der Waals surface area contributed by atoms with Crippen LogP contribution in [0.4, 0.5) is 11.4 Å². The Morgan fingerprint density at radius 2 is 1.31 bits per heavy atom. The van der Waals surface area contributed by atoms with Crippen molar-refractivity contribution in [1.82, 2.24) is 9.14 Å². The number of hydrogen-bond donors (Lipinski definition) is 1. The van der Waals surface area contributed by atoms with Crippen LogP contribution in [0, 0.1) is 34.6 Å². The summed E-state index contributed by atoms with van der Waals surface area (Å²) in [5, 5.41) is 27.0.